The van der Waals surface area contributed by atoms with Gasteiger partial charge in [-0.1, -0.05) is 42.5 Å². The monoisotopic (exact) mass is 258 g/mol. The van der Waals surface area contributed by atoms with Crippen molar-refractivity contribution in [2.75, 3.05) is 13.1 Å². The minimum absolute atomic E-state index is 0.295. The second-order valence-electron chi connectivity index (χ2n) is 4.58. The third-order valence-corrected chi connectivity index (χ3v) is 3.09. The van der Waals surface area contributed by atoms with E-state index in [1.807, 2.05) is 12.1 Å². The summed E-state index contributed by atoms with van der Waals surface area (Å²) in [6.45, 7) is 1.02. The Morgan fingerprint density at radius 1 is 1.21 bits per heavy atom. The van der Waals surface area contributed by atoms with E-state index >= 15 is 0 Å². The molecule has 2 aromatic rings. The molecule has 100 valence electrons. The third-order valence-electron chi connectivity index (χ3n) is 3.09. The molecule has 2 aromatic carbocycles. The first-order valence-corrected chi connectivity index (χ1v) is 6.33. The molecule has 0 saturated heterocycles. The van der Waals surface area contributed by atoms with Crippen LogP contribution >= 0.6 is 0 Å². The van der Waals surface area contributed by atoms with Crippen LogP contribution < -0.4 is 11.1 Å². The summed E-state index contributed by atoms with van der Waals surface area (Å²) in [5.41, 5.74) is 6.64. The van der Waals surface area contributed by atoms with Crippen LogP contribution in [0.3, 0.4) is 0 Å². The number of carboxylic acids is 1. The molecule has 0 bridgehead atoms. The first kappa shape index (κ1) is 13.5. The molecular weight excluding hydrogens is 240 g/mol. The molecule has 0 heterocycles. The quantitative estimate of drug-likeness (QED) is 0.684. The van der Waals surface area contributed by atoms with E-state index < -0.39 is 12.0 Å². The second-order valence-corrected chi connectivity index (χ2v) is 4.58. The van der Waals surface area contributed by atoms with Crippen LogP contribution in [0.2, 0.25) is 0 Å². The molecular formula is C15H18N2O2. The summed E-state index contributed by atoms with van der Waals surface area (Å²) in [4.78, 5) is 10.5. The van der Waals surface area contributed by atoms with Gasteiger partial charge in [-0.2, -0.15) is 0 Å². The van der Waals surface area contributed by atoms with Gasteiger partial charge in [0, 0.05) is 6.54 Å². The lowest BCUT2D eigenvalue weighted by atomic mass is 10.1. The van der Waals surface area contributed by atoms with Gasteiger partial charge in [0.25, 0.3) is 0 Å². The Balaban J connectivity index is 1.86. The van der Waals surface area contributed by atoms with Crippen LogP contribution in [0.15, 0.2) is 42.5 Å². The van der Waals surface area contributed by atoms with Crippen molar-refractivity contribution in [3.8, 4) is 0 Å². The highest BCUT2D eigenvalue weighted by Crippen LogP contribution is 2.15. The Bertz CT molecular complexity index is 569. The fourth-order valence-corrected chi connectivity index (χ4v) is 1.97. The molecule has 0 aliphatic carbocycles. The number of nitrogens with one attached hydrogen (secondary N) is 1. The predicted molar refractivity (Wildman–Crippen MR) is 76.1 cm³/mol. The molecule has 0 saturated carbocycles. The number of hydrogen-bond acceptors (Lipinski definition) is 3. The van der Waals surface area contributed by atoms with E-state index in [1.54, 1.807) is 0 Å². The van der Waals surface area contributed by atoms with E-state index in [2.05, 4.69) is 35.6 Å². The van der Waals surface area contributed by atoms with Crippen LogP contribution in [0.25, 0.3) is 10.8 Å². The van der Waals surface area contributed by atoms with Crippen LogP contribution in [0.5, 0.6) is 0 Å². The zero-order valence-corrected chi connectivity index (χ0v) is 10.7. The number of aliphatic carboxylic acids is 1. The Labute approximate surface area is 112 Å². The minimum atomic E-state index is -0.974. The average Bonchev–Trinajstić information content (AvgIpc) is 2.43. The summed E-state index contributed by atoms with van der Waals surface area (Å²) in [7, 11) is 0. The van der Waals surface area contributed by atoms with Gasteiger partial charge in [0.2, 0.25) is 0 Å². The normalized spacial score (nSPS) is 12.5. The molecule has 0 amide bonds. The lowest BCUT2D eigenvalue weighted by molar-refractivity contribution is -0.138. The lowest BCUT2D eigenvalue weighted by Gasteiger charge is -2.08. The topological polar surface area (TPSA) is 75.3 Å². The van der Waals surface area contributed by atoms with Crippen molar-refractivity contribution in [3.63, 3.8) is 0 Å². The standard InChI is InChI=1S/C15H18N2O2/c16-14(15(18)19)10-17-8-7-11-5-6-12-3-1-2-4-13(12)9-11/h1-6,9,14,17H,7-8,10,16H2,(H,18,19). The largest absolute Gasteiger partial charge is 0.480 e. The number of nitrogens with two attached hydrogens (primary N) is 1. The molecule has 4 N–H and O–H groups in total. The Morgan fingerprint density at radius 3 is 2.68 bits per heavy atom. The van der Waals surface area contributed by atoms with Crippen molar-refractivity contribution in [2.45, 2.75) is 12.5 Å². The molecule has 19 heavy (non-hydrogen) atoms. The molecule has 0 radical (unpaired) electrons. The highest BCUT2D eigenvalue weighted by molar-refractivity contribution is 5.82. The molecule has 4 nitrogen and oxygen atoms in total. The van der Waals surface area contributed by atoms with E-state index in [0.29, 0.717) is 6.54 Å². The molecule has 1 unspecified atom stereocenters. The van der Waals surface area contributed by atoms with Crippen LogP contribution in [0, 0.1) is 0 Å². The lowest BCUT2D eigenvalue weighted by Crippen LogP contribution is -2.40. The summed E-state index contributed by atoms with van der Waals surface area (Å²) >= 11 is 0. The van der Waals surface area contributed by atoms with Crippen molar-refractivity contribution < 1.29 is 9.90 Å². The van der Waals surface area contributed by atoms with Gasteiger partial charge >= 0.3 is 5.97 Å². The van der Waals surface area contributed by atoms with E-state index in [4.69, 9.17) is 10.8 Å². The van der Waals surface area contributed by atoms with Gasteiger partial charge in [0.05, 0.1) is 0 Å². The number of rotatable bonds is 6. The highest BCUT2D eigenvalue weighted by atomic mass is 16.4. The van der Waals surface area contributed by atoms with Gasteiger partial charge in [-0.05, 0) is 29.3 Å². The minimum Gasteiger partial charge on any atom is -0.480 e. The Morgan fingerprint density at radius 2 is 1.95 bits per heavy atom. The van der Waals surface area contributed by atoms with E-state index in [1.165, 1.54) is 16.3 Å². The summed E-state index contributed by atoms with van der Waals surface area (Å²) < 4.78 is 0. The highest BCUT2D eigenvalue weighted by Gasteiger charge is 2.09. The van der Waals surface area contributed by atoms with E-state index in [0.717, 1.165) is 13.0 Å². The zero-order valence-electron chi connectivity index (χ0n) is 10.7. The first-order chi connectivity index (χ1) is 9.16. The van der Waals surface area contributed by atoms with Crippen molar-refractivity contribution in [1.82, 2.24) is 5.32 Å². The maximum absolute atomic E-state index is 10.5. The summed E-state index contributed by atoms with van der Waals surface area (Å²) in [6, 6.07) is 13.8. The smallest absolute Gasteiger partial charge is 0.321 e. The third kappa shape index (κ3) is 3.77. The maximum Gasteiger partial charge on any atom is 0.321 e. The van der Waals surface area contributed by atoms with Gasteiger partial charge in [-0.25, -0.2) is 0 Å². The number of benzene rings is 2. The molecule has 4 heteroatoms. The Kier molecular flexibility index (Phi) is 4.49. The van der Waals surface area contributed by atoms with E-state index in [-0.39, 0.29) is 0 Å². The van der Waals surface area contributed by atoms with Crippen LogP contribution in [0.4, 0.5) is 0 Å². The van der Waals surface area contributed by atoms with Crippen molar-refractivity contribution >= 4 is 16.7 Å². The average molecular weight is 258 g/mol. The van der Waals surface area contributed by atoms with Crippen LogP contribution in [0.1, 0.15) is 5.56 Å². The van der Waals surface area contributed by atoms with Crippen LogP contribution in [-0.2, 0) is 11.2 Å². The van der Waals surface area contributed by atoms with E-state index in [9.17, 15) is 4.79 Å². The molecule has 1 atom stereocenters. The zero-order chi connectivity index (χ0) is 13.7. The van der Waals surface area contributed by atoms with Gasteiger partial charge in [-0.3, -0.25) is 4.79 Å². The summed E-state index contributed by atoms with van der Waals surface area (Å²) in [6.07, 6.45) is 0.858. The number of hydrogen-bond donors (Lipinski definition) is 3. The second kappa shape index (κ2) is 6.31. The fraction of sp³-hybridized carbons (Fsp3) is 0.267. The number of carbonyl (C=O) groups is 1. The predicted octanol–water partition coefficient (Wildman–Crippen LogP) is 1.38. The number of fused-ring (bicyclic) bond motifs is 1. The summed E-state index contributed by atoms with van der Waals surface area (Å²) in [5.74, 6) is -0.974. The molecule has 0 aromatic heterocycles. The van der Waals surface area contributed by atoms with Crippen LogP contribution in [-0.4, -0.2) is 30.2 Å². The van der Waals surface area contributed by atoms with Crippen molar-refractivity contribution in [3.05, 3.63) is 48.0 Å². The van der Waals surface area contributed by atoms with Gasteiger partial charge in [0.15, 0.2) is 0 Å². The van der Waals surface area contributed by atoms with Gasteiger partial charge in [0.1, 0.15) is 6.04 Å². The SMILES string of the molecule is NC(CNCCc1ccc2ccccc2c1)C(=O)O. The van der Waals surface area contributed by atoms with Gasteiger partial charge in [-0.15, -0.1) is 0 Å². The maximum atomic E-state index is 10.5. The summed E-state index contributed by atoms with van der Waals surface area (Å²) in [5, 5.41) is 14.2. The van der Waals surface area contributed by atoms with Gasteiger partial charge < -0.3 is 16.2 Å². The fourth-order valence-electron chi connectivity index (χ4n) is 1.97. The molecule has 0 aliphatic rings. The van der Waals surface area contributed by atoms with Crippen molar-refractivity contribution in [1.29, 1.82) is 0 Å². The molecule has 0 fully saturated rings. The molecule has 0 aliphatic heterocycles. The molecule has 0 spiro atoms. The number of carboxylic acid groups (broad SMARTS) is 1. The van der Waals surface area contributed by atoms with Crippen molar-refractivity contribution in [2.24, 2.45) is 5.73 Å². The Hall–Kier alpha value is -1.91. The first-order valence-electron chi connectivity index (χ1n) is 6.33. The molecule has 2 rings (SSSR count).